The monoisotopic (exact) mass is 176 g/mol. The van der Waals surface area contributed by atoms with Crippen LogP contribution in [0, 0.1) is 5.92 Å². The van der Waals surface area contributed by atoms with Gasteiger partial charge in [0.2, 0.25) is 0 Å². The van der Waals surface area contributed by atoms with E-state index in [2.05, 4.69) is 24.5 Å². The molecule has 68 valence electrons. The fourth-order valence-electron chi connectivity index (χ4n) is 1.29. The summed E-state index contributed by atoms with van der Waals surface area (Å²) in [4.78, 5) is 0. The standard InChI is InChI=1S/C8H18N2.H2S/c1-7(2)10-6-8-3-4-9-5-8;/h7-10H,3-6H2,1-2H3;1H2/t8-;/m1./s1. The van der Waals surface area contributed by atoms with E-state index in [9.17, 15) is 0 Å². The lowest BCUT2D eigenvalue weighted by molar-refractivity contribution is 0.477. The van der Waals surface area contributed by atoms with Crippen molar-refractivity contribution in [2.24, 2.45) is 5.92 Å². The van der Waals surface area contributed by atoms with E-state index in [1.54, 1.807) is 0 Å². The van der Waals surface area contributed by atoms with Gasteiger partial charge in [0.1, 0.15) is 0 Å². The molecule has 2 nitrogen and oxygen atoms in total. The minimum Gasteiger partial charge on any atom is -0.316 e. The average Bonchev–Trinajstić information content (AvgIpc) is 2.34. The van der Waals surface area contributed by atoms with E-state index in [1.807, 2.05) is 0 Å². The second-order valence-corrected chi connectivity index (χ2v) is 3.42. The molecule has 2 N–H and O–H groups in total. The molecule has 0 aromatic rings. The normalized spacial score (nSPS) is 23.7. The van der Waals surface area contributed by atoms with Gasteiger partial charge in [-0.25, -0.2) is 0 Å². The zero-order chi connectivity index (χ0) is 7.40. The van der Waals surface area contributed by atoms with Crippen molar-refractivity contribution in [2.75, 3.05) is 19.6 Å². The molecule has 1 rings (SSSR count). The Kier molecular flexibility index (Phi) is 6.01. The first kappa shape index (κ1) is 11.3. The summed E-state index contributed by atoms with van der Waals surface area (Å²) in [7, 11) is 0. The lowest BCUT2D eigenvalue weighted by Gasteiger charge is -2.11. The Labute approximate surface area is 76.6 Å². The summed E-state index contributed by atoms with van der Waals surface area (Å²) in [5.74, 6) is 0.877. The van der Waals surface area contributed by atoms with Crippen LogP contribution in [0.1, 0.15) is 20.3 Å². The van der Waals surface area contributed by atoms with Crippen LogP contribution in [0.2, 0.25) is 0 Å². The largest absolute Gasteiger partial charge is 0.316 e. The molecule has 0 radical (unpaired) electrons. The van der Waals surface area contributed by atoms with Gasteiger partial charge in [-0.15, -0.1) is 0 Å². The van der Waals surface area contributed by atoms with Crippen LogP contribution in [-0.2, 0) is 0 Å². The van der Waals surface area contributed by atoms with E-state index in [0.717, 1.165) is 5.92 Å². The van der Waals surface area contributed by atoms with E-state index in [0.29, 0.717) is 6.04 Å². The second kappa shape index (κ2) is 5.86. The van der Waals surface area contributed by atoms with Gasteiger partial charge in [-0.3, -0.25) is 0 Å². The highest BCUT2D eigenvalue weighted by Crippen LogP contribution is 2.05. The summed E-state index contributed by atoms with van der Waals surface area (Å²) in [6.45, 7) is 8.00. The summed E-state index contributed by atoms with van der Waals surface area (Å²) in [5, 5.41) is 6.80. The Morgan fingerprint density at radius 3 is 2.73 bits per heavy atom. The molecule has 0 spiro atoms. The Hall–Kier alpha value is 0.270. The lowest BCUT2D eigenvalue weighted by atomic mass is 10.1. The van der Waals surface area contributed by atoms with Gasteiger partial charge in [-0.2, -0.15) is 13.5 Å². The van der Waals surface area contributed by atoms with Gasteiger partial charge in [0.05, 0.1) is 0 Å². The molecule has 0 aromatic heterocycles. The third-order valence-corrected chi connectivity index (χ3v) is 1.98. The molecule has 1 atom stereocenters. The number of nitrogens with one attached hydrogen (secondary N) is 2. The van der Waals surface area contributed by atoms with Crippen LogP contribution in [0.15, 0.2) is 0 Å². The van der Waals surface area contributed by atoms with Crippen molar-refractivity contribution in [1.29, 1.82) is 0 Å². The van der Waals surface area contributed by atoms with Gasteiger partial charge in [0, 0.05) is 6.04 Å². The van der Waals surface area contributed by atoms with Crippen LogP contribution in [0.25, 0.3) is 0 Å². The quantitative estimate of drug-likeness (QED) is 0.662. The van der Waals surface area contributed by atoms with Gasteiger partial charge < -0.3 is 10.6 Å². The first-order valence-corrected chi connectivity index (χ1v) is 4.23. The van der Waals surface area contributed by atoms with E-state index in [1.165, 1.54) is 26.1 Å². The van der Waals surface area contributed by atoms with Crippen LogP contribution in [-0.4, -0.2) is 25.7 Å². The van der Waals surface area contributed by atoms with Crippen molar-refractivity contribution >= 4 is 13.5 Å². The summed E-state index contributed by atoms with van der Waals surface area (Å²) in [5.41, 5.74) is 0. The first-order chi connectivity index (χ1) is 4.79. The molecular weight excluding hydrogens is 156 g/mol. The molecule has 1 heterocycles. The van der Waals surface area contributed by atoms with Crippen molar-refractivity contribution in [3.63, 3.8) is 0 Å². The molecule has 0 bridgehead atoms. The summed E-state index contributed by atoms with van der Waals surface area (Å²) < 4.78 is 0. The number of rotatable bonds is 3. The maximum absolute atomic E-state index is 3.45. The van der Waals surface area contributed by atoms with E-state index < -0.39 is 0 Å². The van der Waals surface area contributed by atoms with Gasteiger partial charge >= 0.3 is 0 Å². The molecule has 11 heavy (non-hydrogen) atoms. The summed E-state index contributed by atoms with van der Waals surface area (Å²) >= 11 is 0. The van der Waals surface area contributed by atoms with Gasteiger partial charge in [0.25, 0.3) is 0 Å². The molecule has 0 aliphatic carbocycles. The maximum Gasteiger partial charge on any atom is 0.00105 e. The van der Waals surface area contributed by atoms with Crippen molar-refractivity contribution in [3.8, 4) is 0 Å². The number of hydrogen-bond acceptors (Lipinski definition) is 2. The highest BCUT2D eigenvalue weighted by molar-refractivity contribution is 7.59. The smallest absolute Gasteiger partial charge is 0.00105 e. The van der Waals surface area contributed by atoms with E-state index in [-0.39, 0.29) is 13.5 Å². The van der Waals surface area contributed by atoms with Crippen LogP contribution < -0.4 is 10.6 Å². The molecule has 3 heteroatoms. The molecular formula is C8H20N2S. The van der Waals surface area contributed by atoms with Crippen LogP contribution in [0.4, 0.5) is 0 Å². The third-order valence-electron chi connectivity index (χ3n) is 1.98. The first-order valence-electron chi connectivity index (χ1n) is 4.23. The van der Waals surface area contributed by atoms with Crippen LogP contribution in [0.5, 0.6) is 0 Å². The Morgan fingerprint density at radius 2 is 2.27 bits per heavy atom. The predicted molar refractivity (Wildman–Crippen MR) is 54.5 cm³/mol. The van der Waals surface area contributed by atoms with Crippen molar-refractivity contribution < 1.29 is 0 Å². The Bertz CT molecular complexity index is 90.1. The predicted octanol–water partition coefficient (Wildman–Crippen LogP) is 0.707. The van der Waals surface area contributed by atoms with Crippen molar-refractivity contribution in [1.82, 2.24) is 10.6 Å². The van der Waals surface area contributed by atoms with Crippen molar-refractivity contribution in [3.05, 3.63) is 0 Å². The fraction of sp³-hybridized carbons (Fsp3) is 1.00. The highest BCUT2D eigenvalue weighted by atomic mass is 32.1. The molecule has 0 amide bonds. The Balaban J connectivity index is 0.000001000. The minimum atomic E-state index is 0. The topological polar surface area (TPSA) is 24.1 Å². The molecule has 0 unspecified atom stereocenters. The van der Waals surface area contributed by atoms with E-state index in [4.69, 9.17) is 0 Å². The highest BCUT2D eigenvalue weighted by Gasteiger charge is 2.13. The van der Waals surface area contributed by atoms with E-state index >= 15 is 0 Å². The second-order valence-electron chi connectivity index (χ2n) is 3.42. The molecule has 0 saturated carbocycles. The molecule has 1 aliphatic heterocycles. The lowest BCUT2D eigenvalue weighted by Crippen LogP contribution is -2.29. The zero-order valence-corrected chi connectivity index (χ0v) is 8.48. The maximum atomic E-state index is 3.45. The zero-order valence-electron chi connectivity index (χ0n) is 7.48. The SMILES string of the molecule is CC(C)NC[C@@H]1CCNC1.S. The third kappa shape index (κ3) is 4.67. The van der Waals surface area contributed by atoms with Gasteiger partial charge in [-0.1, -0.05) is 13.8 Å². The fourth-order valence-corrected chi connectivity index (χ4v) is 1.29. The molecule has 1 saturated heterocycles. The molecule has 1 aliphatic rings. The molecule has 0 aromatic carbocycles. The number of hydrogen-bond donors (Lipinski definition) is 2. The minimum absolute atomic E-state index is 0. The van der Waals surface area contributed by atoms with Crippen LogP contribution in [0.3, 0.4) is 0 Å². The van der Waals surface area contributed by atoms with Crippen LogP contribution >= 0.6 is 13.5 Å². The van der Waals surface area contributed by atoms with Gasteiger partial charge in [0.15, 0.2) is 0 Å². The average molecular weight is 176 g/mol. The van der Waals surface area contributed by atoms with Gasteiger partial charge in [-0.05, 0) is 32.0 Å². The summed E-state index contributed by atoms with van der Waals surface area (Å²) in [6.07, 6.45) is 1.35. The molecule has 1 fully saturated rings. The Morgan fingerprint density at radius 1 is 1.55 bits per heavy atom. The summed E-state index contributed by atoms with van der Waals surface area (Å²) in [6, 6.07) is 0.639. The van der Waals surface area contributed by atoms with Crippen molar-refractivity contribution in [2.45, 2.75) is 26.3 Å².